The predicted molar refractivity (Wildman–Crippen MR) is 103 cm³/mol. The highest BCUT2D eigenvalue weighted by Gasteiger charge is 2.19. The van der Waals surface area contributed by atoms with Gasteiger partial charge >= 0.3 is 0 Å². The quantitative estimate of drug-likeness (QED) is 0.583. The largest absolute Gasteiger partial charge is 0.344 e. The summed E-state index contributed by atoms with van der Waals surface area (Å²) in [4.78, 5) is 14.2. The summed E-state index contributed by atoms with van der Waals surface area (Å²) >= 11 is 1.28. The number of thioether (sulfide) groups is 1. The second kappa shape index (κ2) is 9.53. The zero-order valence-corrected chi connectivity index (χ0v) is 15.8. The molecule has 27 heavy (non-hydrogen) atoms. The molecule has 2 heterocycles. The fraction of sp³-hybridized carbons (Fsp3) is 0.421. The number of nitrogens with zero attached hydrogens (tertiary/aromatic N) is 4. The maximum Gasteiger partial charge on any atom is 0.231 e. The number of terminal acetylenes is 1. The van der Waals surface area contributed by atoms with E-state index in [9.17, 15) is 9.18 Å². The van der Waals surface area contributed by atoms with Gasteiger partial charge in [0.1, 0.15) is 5.82 Å². The first-order chi connectivity index (χ1) is 13.2. The van der Waals surface area contributed by atoms with Crippen molar-refractivity contribution >= 4 is 17.7 Å². The lowest BCUT2D eigenvalue weighted by Crippen LogP contribution is -2.30. The minimum Gasteiger partial charge on any atom is -0.344 e. The normalized spacial score (nSPS) is 14.7. The molecule has 6 nitrogen and oxygen atoms in total. The summed E-state index contributed by atoms with van der Waals surface area (Å²) in [5.74, 6) is 2.88. The number of rotatable bonds is 7. The van der Waals surface area contributed by atoms with Gasteiger partial charge in [0.05, 0.1) is 18.8 Å². The fourth-order valence-corrected chi connectivity index (χ4v) is 3.79. The van der Waals surface area contributed by atoms with Gasteiger partial charge in [0, 0.05) is 5.69 Å². The second-order valence-corrected chi connectivity index (χ2v) is 7.26. The van der Waals surface area contributed by atoms with E-state index in [0.29, 0.717) is 11.7 Å². The van der Waals surface area contributed by atoms with Crippen molar-refractivity contribution in [3.63, 3.8) is 0 Å². The average Bonchev–Trinajstić information content (AvgIpc) is 3.08. The molecular weight excluding hydrogens is 365 g/mol. The van der Waals surface area contributed by atoms with E-state index in [1.165, 1.54) is 43.2 Å². The van der Waals surface area contributed by atoms with Gasteiger partial charge in [-0.3, -0.25) is 14.3 Å². The number of carbonyl (C=O) groups is 1. The van der Waals surface area contributed by atoms with Gasteiger partial charge in [-0.05, 0) is 50.2 Å². The van der Waals surface area contributed by atoms with Crippen LogP contribution in [0.3, 0.4) is 0 Å². The Kier molecular flexibility index (Phi) is 6.85. The molecule has 0 aliphatic carbocycles. The van der Waals surface area contributed by atoms with Crippen molar-refractivity contribution in [3.05, 3.63) is 35.9 Å². The van der Waals surface area contributed by atoms with E-state index >= 15 is 0 Å². The number of amides is 1. The van der Waals surface area contributed by atoms with Gasteiger partial charge in [-0.25, -0.2) is 4.39 Å². The van der Waals surface area contributed by atoms with Gasteiger partial charge in [0.15, 0.2) is 11.0 Å². The van der Waals surface area contributed by atoms with Gasteiger partial charge in [-0.2, -0.15) is 0 Å². The van der Waals surface area contributed by atoms with Crippen LogP contribution in [0.25, 0.3) is 5.69 Å². The lowest BCUT2D eigenvalue weighted by Gasteiger charge is -2.26. The van der Waals surface area contributed by atoms with Crippen LogP contribution in [0.2, 0.25) is 0 Å². The third-order valence-electron chi connectivity index (χ3n) is 4.32. The molecular formula is C19H22FN5OS. The zero-order valence-electron chi connectivity index (χ0n) is 15.0. The monoisotopic (exact) mass is 387 g/mol. The van der Waals surface area contributed by atoms with Gasteiger partial charge < -0.3 is 5.32 Å². The SMILES string of the molecule is C#CCNC(=O)CSc1nnc(CN2CCCCC2)n1-c1ccc(F)cc1. The first kappa shape index (κ1) is 19.4. The zero-order chi connectivity index (χ0) is 19.1. The Morgan fingerprint density at radius 2 is 1.96 bits per heavy atom. The molecule has 1 fully saturated rings. The summed E-state index contributed by atoms with van der Waals surface area (Å²) in [5, 5.41) is 11.8. The first-order valence-electron chi connectivity index (χ1n) is 8.93. The van der Waals surface area contributed by atoms with Gasteiger partial charge in [0.2, 0.25) is 5.91 Å². The minimum atomic E-state index is -0.299. The van der Waals surface area contributed by atoms with Crippen LogP contribution >= 0.6 is 11.8 Å². The van der Waals surface area contributed by atoms with Crippen LogP contribution in [0, 0.1) is 18.2 Å². The molecule has 0 spiro atoms. The molecule has 8 heteroatoms. The number of likely N-dealkylation sites (tertiary alicyclic amines) is 1. The standard InChI is InChI=1S/C19H22FN5OS/c1-2-10-21-18(26)14-27-19-23-22-17(13-24-11-4-3-5-12-24)25(19)16-8-6-15(20)7-9-16/h1,6-9H,3-5,10-14H2,(H,21,26). The Hall–Kier alpha value is -2.37. The summed E-state index contributed by atoms with van der Waals surface area (Å²) < 4.78 is 15.2. The number of hydrogen-bond donors (Lipinski definition) is 1. The molecule has 0 unspecified atom stereocenters. The summed E-state index contributed by atoms with van der Waals surface area (Å²) in [7, 11) is 0. The third kappa shape index (κ3) is 5.31. The van der Waals surface area contributed by atoms with E-state index < -0.39 is 0 Å². The van der Waals surface area contributed by atoms with Gasteiger partial charge in [-0.15, -0.1) is 16.6 Å². The molecule has 1 aromatic heterocycles. The Morgan fingerprint density at radius 1 is 1.22 bits per heavy atom. The fourth-order valence-electron chi connectivity index (χ4n) is 2.99. The van der Waals surface area contributed by atoms with E-state index in [0.717, 1.165) is 24.6 Å². The highest BCUT2D eigenvalue weighted by Crippen LogP contribution is 2.24. The topological polar surface area (TPSA) is 63.1 Å². The molecule has 1 N–H and O–H groups in total. The van der Waals surface area contributed by atoms with E-state index in [2.05, 4.69) is 26.3 Å². The van der Waals surface area contributed by atoms with E-state index in [-0.39, 0.29) is 24.0 Å². The molecule has 142 valence electrons. The average molecular weight is 387 g/mol. The molecule has 3 rings (SSSR count). The smallest absolute Gasteiger partial charge is 0.231 e. The van der Waals surface area contributed by atoms with Crippen molar-refractivity contribution in [1.29, 1.82) is 0 Å². The van der Waals surface area contributed by atoms with Crippen LogP contribution in [0.1, 0.15) is 25.1 Å². The number of halogens is 1. The Labute approximate surface area is 162 Å². The maximum atomic E-state index is 13.4. The molecule has 0 radical (unpaired) electrons. The lowest BCUT2D eigenvalue weighted by atomic mass is 10.1. The summed E-state index contributed by atoms with van der Waals surface area (Å²) in [6.07, 6.45) is 8.78. The molecule has 0 saturated carbocycles. The van der Waals surface area contributed by atoms with E-state index in [1.54, 1.807) is 12.1 Å². The second-order valence-electron chi connectivity index (χ2n) is 6.32. The number of piperidine rings is 1. The molecule has 0 bridgehead atoms. The highest BCUT2D eigenvalue weighted by molar-refractivity contribution is 7.99. The van der Waals surface area contributed by atoms with Crippen molar-refractivity contribution in [2.24, 2.45) is 0 Å². The van der Waals surface area contributed by atoms with Crippen LogP contribution in [0.15, 0.2) is 29.4 Å². The Balaban J connectivity index is 1.80. The number of hydrogen-bond acceptors (Lipinski definition) is 5. The van der Waals surface area contributed by atoms with E-state index in [4.69, 9.17) is 6.42 Å². The van der Waals surface area contributed by atoms with Gasteiger partial charge in [0.25, 0.3) is 0 Å². The lowest BCUT2D eigenvalue weighted by molar-refractivity contribution is -0.118. The highest BCUT2D eigenvalue weighted by atomic mass is 32.2. The molecule has 1 amide bonds. The summed E-state index contributed by atoms with van der Waals surface area (Å²) in [5.41, 5.74) is 0.778. The molecule has 0 atom stereocenters. The predicted octanol–water partition coefficient (Wildman–Crippen LogP) is 2.23. The first-order valence-corrected chi connectivity index (χ1v) is 9.91. The Morgan fingerprint density at radius 3 is 2.67 bits per heavy atom. The molecule has 2 aromatic rings. The Bertz CT molecular complexity index is 808. The molecule has 1 aromatic carbocycles. The van der Waals surface area contributed by atoms with Crippen LogP contribution < -0.4 is 5.32 Å². The van der Waals surface area contributed by atoms with Crippen molar-refractivity contribution in [2.75, 3.05) is 25.4 Å². The van der Waals surface area contributed by atoms with Crippen LogP contribution in [0.4, 0.5) is 4.39 Å². The summed E-state index contributed by atoms with van der Waals surface area (Å²) in [6, 6.07) is 6.21. The van der Waals surface area contributed by atoms with Crippen molar-refractivity contribution in [2.45, 2.75) is 31.0 Å². The number of nitrogens with one attached hydrogen (secondary N) is 1. The molecule has 1 aliphatic rings. The van der Waals surface area contributed by atoms with Crippen LogP contribution in [-0.4, -0.2) is 51.0 Å². The van der Waals surface area contributed by atoms with Gasteiger partial charge in [-0.1, -0.05) is 24.1 Å². The number of benzene rings is 1. The van der Waals surface area contributed by atoms with E-state index in [1.807, 2.05) is 4.57 Å². The van der Waals surface area contributed by atoms with Crippen molar-refractivity contribution < 1.29 is 9.18 Å². The molecule has 1 aliphatic heterocycles. The summed E-state index contributed by atoms with van der Waals surface area (Å²) in [6.45, 7) is 2.94. The third-order valence-corrected chi connectivity index (χ3v) is 5.25. The molecule has 1 saturated heterocycles. The van der Waals surface area contributed by atoms with Crippen LogP contribution in [0.5, 0.6) is 0 Å². The minimum absolute atomic E-state index is 0.163. The van der Waals surface area contributed by atoms with Crippen molar-refractivity contribution in [1.82, 2.24) is 25.0 Å². The maximum absolute atomic E-state index is 13.4. The number of carbonyl (C=O) groups excluding carboxylic acids is 1. The van der Waals surface area contributed by atoms with Crippen LogP contribution in [-0.2, 0) is 11.3 Å². The number of aromatic nitrogens is 3. The van der Waals surface area contributed by atoms with Crippen molar-refractivity contribution in [3.8, 4) is 18.0 Å².